The first-order valence-corrected chi connectivity index (χ1v) is 5.51. The lowest BCUT2D eigenvalue weighted by atomic mass is 9.95. The Kier molecular flexibility index (Phi) is 3.59. The fourth-order valence-corrected chi connectivity index (χ4v) is 1.86. The number of hydrogen-bond donors (Lipinski definition) is 2. The number of aliphatic hydroxyl groups excluding tert-OH is 1. The third kappa shape index (κ3) is 2.94. The third-order valence-electron chi connectivity index (χ3n) is 2.77. The topological polar surface area (TPSA) is 41.5 Å². The van der Waals surface area contributed by atoms with Crippen LogP contribution in [-0.4, -0.2) is 17.3 Å². The maximum absolute atomic E-state index is 9.68. The molecule has 3 nitrogen and oxygen atoms in total. The zero-order valence-corrected chi connectivity index (χ0v) is 8.73. The summed E-state index contributed by atoms with van der Waals surface area (Å²) in [5.41, 5.74) is 3.81. The van der Waals surface area contributed by atoms with Crippen LogP contribution in [0, 0.1) is 0 Å². The van der Waals surface area contributed by atoms with Gasteiger partial charge in [0.1, 0.15) is 6.10 Å². The molecule has 1 saturated carbocycles. The largest absolute Gasteiger partial charge is 0.390 e. The third-order valence-corrected chi connectivity index (χ3v) is 2.77. The van der Waals surface area contributed by atoms with Crippen LogP contribution in [0.3, 0.4) is 0 Å². The molecule has 2 N–H and O–H groups in total. The second-order valence-corrected chi connectivity index (χ2v) is 3.98. The van der Waals surface area contributed by atoms with Crippen molar-refractivity contribution in [2.24, 2.45) is 0 Å². The lowest BCUT2D eigenvalue weighted by Gasteiger charge is -2.27. The average Bonchev–Trinajstić information content (AvgIpc) is 2.29. The molecule has 2 atom stereocenters. The number of nitrogens with one attached hydrogen (secondary N) is 1. The van der Waals surface area contributed by atoms with E-state index in [1.54, 1.807) is 0 Å². The first-order chi connectivity index (χ1) is 7.36. The van der Waals surface area contributed by atoms with E-state index >= 15 is 0 Å². The quantitative estimate of drug-likeness (QED) is 0.747. The summed E-state index contributed by atoms with van der Waals surface area (Å²) in [6.45, 7) is 0. The van der Waals surface area contributed by atoms with Gasteiger partial charge in [-0.1, -0.05) is 31.0 Å². The molecule has 2 rings (SSSR count). The molecule has 0 amide bonds. The fraction of sp³-hybridized carbons (Fsp3) is 0.500. The summed E-state index contributed by atoms with van der Waals surface area (Å²) in [6.07, 6.45) is 3.63. The molecule has 82 valence electrons. The minimum absolute atomic E-state index is 0.0704. The first kappa shape index (κ1) is 10.5. The smallest absolute Gasteiger partial charge is 0.111 e. The molecule has 0 aliphatic heterocycles. The van der Waals surface area contributed by atoms with Crippen molar-refractivity contribution in [1.82, 2.24) is 0 Å². The van der Waals surface area contributed by atoms with E-state index in [1.165, 1.54) is 0 Å². The van der Waals surface area contributed by atoms with Crippen molar-refractivity contribution in [1.29, 1.82) is 0 Å². The van der Waals surface area contributed by atoms with Gasteiger partial charge >= 0.3 is 0 Å². The monoisotopic (exact) mass is 207 g/mol. The normalized spacial score (nSPS) is 26.2. The Morgan fingerprint density at radius 3 is 2.60 bits per heavy atom. The maximum Gasteiger partial charge on any atom is 0.111 e. The molecule has 1 aliphatic rings. The highest BCUT2D eigenvalue weighted by Gasteiger charge is 2.23. The van der Waals surface area contributed by atoms with E-state index in [4.69, 9.17) is 4.84 Å². The lowest BCUT2D eigenvalue weighted by molar-refractivity contribution is -0.0368. The van der Waals surface area contributed by atoms with Crippen LogP contribution < -0.4 is 5.48 Å². The Morgan fingerprint density at radius 1 is 1.13 bits per heavy atom. The molecule has 0 unspecified atom stereocenters. The van der Waals surface area contributed by atoms with Gasteiger partial charge in [-0.3, -0.25) is 10.3 Å². The molecule has 0 aromatic heterocycles. The van der Waals surface area contributed by atoms with E-state index in [-0.39, 0.29) is 12.2 Å². The predicted octanol–water partition coefficient (Wildman–Crippen LogP) is 2.33. The van der Waals surface area contributed by atoms with Crippen LogP contribution in [0.4, 0.5) is 5.69 Å². The van der Waals surface area contributed by atoms with Gasteiger partial charge in [0, 0.05) is 0 Å². The molecule has 0 bridgehead atoms. The number of rotatable bonds is 3. The Morgan fingerprint density at radius 2 is 1.87 bits per heavy atom. The van der Waals surface area contributed by atoms with Gasteiger partial charge in [-0.25, -0.2) is 0 Å². The number of hydrogen-bond acceptors (Lipinski definition) is 3. The van der Waals surface area contributed by atoms with Crippen LogP contribution in [0.1, 0.15) is 25.7 Å². The summed E-state index contributed by atoms with van der Waals surface area (Å²) < 4.78 is 0. The van der Waals surface area contributed by atoms with Crippen molar-refractivity contribution in [2.75, 3.05) is 5.48 Å². The van der Waals surface area contributed by atoms with Crippen LogP contribution in [0.5, 0.6) is 0 Å². The van der Waals surface area contributed by atoms with Gasteiger partial charge in [0.15, 0.2) is 0 Å². The standard InChI is InChI=1S/C12H17NO2/c14-11-8-4-5-9-12(11)15-13-10-6-2-1-3-7-10/h1-3,6-7,11-14H,4-5,8-9H2/t11-,12-/m1/s1. The molecule has 0 spiro atoms. The molecule has 3 heteroatoms. The minimum atomic E-state index is -0.324. The first-order valence-electron chi connectivity index (χ1n) is 5.51. The number of para-hydroxylation sites is 1. The molecule has 1 fully saturated rings. The molecular formula is C12H17NO2. The molecule has 15 heavy (non-hydrogen) atoms. The summed E-state index contributed by atoms with van der Waals surface area (Å²) in [5.74, 6) is 0. The molecule has 1 aromatic rings. The van der Waals surface area contributed by atoms with Crippen molar-refractivity contribution in [2.45, 2.75) is 37.9 Å². The minimum Gasteiger partial charge on any atom is -0.390 e. The fourth-order valence-electron chi connectivity index (χ4n) is 1.86. The second kappa shape index (κ2) is 5.14. The van der Waals surface area contributed by atoms with Crippen LogP contribution in [0.25, 0.3) is 0 Å². The summed E-state index contributed by atoms with van der Waals surface area (Å²) in [6, 6.07) is 9.73. The Balaban J connectivity index is 1.82. The molecule has 0 saturated heterocycles. The summed E-state index contributed by atoms with van der Waals surface area (Å²) in [5, 5.41) is 9.68. The van der Waals surface area contributed by atoms with Crippen molar-refractivity contribution in [3.8, 4) is 0 Å². The number of aliphatic hydroxyl groups is 1. The van der Waals surface area contributed by atoms with E-state index < -0.39 is 0 Å². The van der Waals surface area contributed by atoms with Gasteiger partial charge in [-0.05, 0) is 25.0 Å². The molecular weight excluding hydrogens is 190 g/mol. The highest BCUT2D eigenvalue weighted by Crippen LogP contribution is 2.21. The van der Waals surface area contributed by atoms with E-state index in [0.717, 1.165) is 31.4 Å². The zero-order valence-electron chi connectivity index (χ0n) is 8.73. The van der Waals surface area contributed by atoms with Crippen LogP contribution in [0.2, 0.25) is 0 Å². The molecule has 0 heterocycles. The van der Waals surface area contributed by atoms with Crippen LogP contribution in [-0.2, 0) is 4.84 Å². The van der Waals surface area contributed by atoms with Crippen molar-refractivity contribution in [3.63, 3.8) is 0 Å². The SMILES string of the molecule is O[C@@H]1CCCC[C@H]1ONc1ccccc1. The van der Waals surface area contributed by atoms with Crippen LogP contribution >= 0.6 is 0 Å². The summed E-state index contributed by atoms with van der Waals surface area (Å²) >= 11 is 0. The Bertz CT molecular complexity index is 289. The Labute approximate surface area is 90.0 Å². The number of benzene rings is 1. The van der Waals surface area contributed by atoms with E-state index in [2.05, 4.69) is 5.48 Å². The van der Waals surface area contributed by atoms with E-state index in [0.29, 0.717) is 0 Å². The van der Waals surface area contributed by atoms with Gasteiger partial charge < -0.3 is 5.11 Å². The van der Waals surface area contributed by atoms with Crippen molar-refractivity contribution in [3.05, 3.63) is 30.3 Å². The summed E-state index contributed by atoms with van der Waals surface area (Å²) in [7, 11) is 0. The number of anilines is 1. The van der Waals surface area contributed by atoms with E-state index in [9.17, 15) is 5.11 Å². The highest BCUT2D eigenvalue weighted by atomic mass is 16.7. The molecule has 0 radical (unpaired) electrons. The van der Waals surface area contributed by atoms with Crippen LogP contribution in [0.15, 0.2) is 30.3 Å². The van der Waals surface area contributed by atoms with Gasteiger partial charge in [-0.2, -0.15) is 0 Å². The zero-order chi connectivity index (χ0) is 10.5. The highest BCUT2D eigenvalue weighted by molar-refractivity contribution is 5.40. The van der Waals surface area contributed by atoms with Crippen molar-refractivity contribution < 1.29 is 9.94 Å². The predicted molar refractivity (Wildman–Crippen MR) is 59.4 cm³/mol. The Hall–Kier alpha value is -1.06. The summed E-state index contributed by atoms with van der Waals surface area (Å²) in [4.78, 5) is 5.48. The lowest BCUT2D eigenvalue weighted by Crippen LogP contribution is -2.33. The molecule has 1 aromatic carbocycles. The average molecular weight is 207 g/mol. The van der Waals surface area contributed by atoms with E-state index in [1.807, 2.05) is 30.3 Å². The maximum atomic E-state index is 9.68. The van der Waals surface area contributed by atoms with Crippen molar-refractivity contribution >= 4 is 5.69 Å². The van der Waals surface area contributed by atoms with Gasteiger partial charge in [-0.15, -0.1) is 0 Å². The molecule has 1 aliphatic carbocycles. The van der Waals surface area contributed by atoms with Gasteiger partial charge in [0.05, 0.1) is 11.8 Å². The van der Waals surface area contributed by atoms with Gasteiger partial charge in [0.25, 0.3) is 0 Å². The van der Waals surface area contributed by atoms with Gasteiger partial charge in [0.2, 0.25) is 0 Å². The second-order valence-electron chi connectivity index (χ2n) is 3.98.